The van der Waals surface area contributed by atoms with Crippen molar-refractivity contribution in [1.82, 2.24) is 0 Å². The van der Waals surface area contributed by atoms with E-state index in [1.54, 1.807) is 0 Å². The van der Waals surface area contributed by atoms with E-state index in [1.165, 1.54) is 7.11 Å². The van der Waals surface area contributed by atoms with Crippen molar-refractivity contribution in [3.63, 3.8) is 0 Å². The number of aliphatic hydroxyl groups is 1. The molecule has 2 fully saturated rings. The number of esters is 1. The molecule has 116 valence electrons. The van der Waals surface area contributed by atoms with Gasteiger partial charge in [-0.2, -0.15) is 0 Å². The molecule has 1 saturated heterocycles. The van der Waals surface area contributed by atoms with Crippen molar-refractivity contribution in [3.8, 4) is 0 Å². The van der Waals surface area contributed by atoms with Crippen LogP contribution in [0.15, 0.2) is 47.4 Å². The molecule has 0 spiro atoms. The van der Waals surface area contributed by atoms with Crippen LogP contribution in [0.25, 0.3) is 6.08 Å². The SMILES string of the molecule is CO/C(O)=C1\C(=O)OC2CCCCC2C1=Cc1ccccc1. The molecule has 0 amide bonds. The Hall–Kier alpha value is -2.23. The number of fused-ring (bicyclic) bond motifs is 1. The van der Waals surface area contributed by atoms with Crippen LogP contribution in [0.3, 0.4) is 0 Å². The van der Waals surface area contributed by atoms with E-state index in [2.05, 4.69) is 0 Å². The van der Waals surface area contributed by atoms with Gasteiger partial charge in [-0.25, -0.2) is 4.79 Å². The molecule has 2 aliphatic rings. The molecule has 22 heavy (non-hydrogen) atoms. The third kappa shape index (κ3) is 2.73. The highest BCUT2D eigenvalue weighted by Gasteiger charge is 2.41. The fourth-order valence-corrected chi connectivity index (χ4v) is 3.31. The van der Waals surface area contributed by atoms with Crippen LogP contribution in [-0.4, -0.2) is 24.3 Å². The van der Waals surface area contributed by atoms with Crippen molar-refractivity contribution < 1.29 is 19.4 Å². The summed E-state index contributed by atoms with van der Waals surface area (Å²) < 4.78 is 10.4. The van der Waals surface area contributed by atoms with Crippen molar-refractivity contribution in [1.29, 1.82) is 0 Å². The van der Waals surface area contributed by atoms with Crippen LogP contribution >= 0.6 is 0 Å². The van der Waals surface area contributed by atoms with Crippen molar-refractivity contribution in [2.24, 2.45) is 5.92 Å². The standard InChI is InChI=1S/C18H20O4/c1-21-17(19)16-14(11-12-7-3-2-4-8-12)13-9-5-6-10-15(13)22-18(16)20/h2-4,7-8,11,13,15,19H,5-6,9-10H2,1H3/b14-11?,17-16-. The molecule has 1 aromatic carbocycles. The van der Waals surface area contributed by atoms with E-state index >= 15 is 0 Å². The normalized spacial score (nSPS) is 28.8. The van der Waals surface area contributed by atoms with E-state index in [0.717, 1.165) is 36.8 Å². The van der Waals surface area contributed by atoms with Gasteiger partial charge in [0.05, 0.1) is 7.11 Å². The van der Waals surface area contributed by atoms with Gasteiger partial charge < -0.3 is 14.6 Å². The molecule has 2 atom stereocenters. The van der Waals surface area contributed by atoms with Crippen molar-refractivity contribution in [3.05, 3.63) is 53.0 Å². The summed E-state index contributed by atoms with van der Waals surface area (Å²) in [5, 5.41) is 10.0. The van der Waals surface area contributed by atoms with E-state index in [4.69, 9.17) is 9.47 Å². The van der Waals surface area contributed by atoms with Crippen LogP contribution in [0.1, 0.15) is 31.2 Å². The number of hydrogen-bond acceptors (Lipinski definition) is 4. The first kappa shape index (κ1) is 14.7. The summed E-state index contributed by atoms with van der Waals surface area (Å²) in [6.07, 6.45) is 5.88. The average molecular weight is 300 g/mol. The Labute approximate surface area is 130 Å². The van der Waals surface area contributed by atoms with Gasteiger partial charge in [0.25, 0.3) is 5.95 Å². The molecule has 1 saturated carbocycles. The van der Waals surface area contributed by atoms with Crippen LogP contribution < -0.4 is 0 Å². The Morgan fingerprint density at radius 2 is 2.00 bits per heavy atom. The first-order valence-electron chi connectivity index (χ1n) is 7.66. The van der Waals surface area contributed by atoms with Gasteiger partial charge >= 0.3 is 5.97 Å². The van der Waals surface area contributed by atoms with Gasteiger partial charge in [-0.1, -0.05) is 42.8 Å². The van der Waals surface area contributed by atoms with Gasteiger partial charge in [-0.15, -0.1) is 0 Å². The summed E-state index contributed by atoms with van der Waals surface area (Å²) in [6.45, 7) is 0. The van der Waals surface area contributed by atoms with Crippen LogP contribution in [-0.2, 0) is 14.3 Å². The molecule has 1 aromatic rings. The summed E-state index contributed by atoms with van der Waals surface area (Å²) in [5.74, 6) is -0.736. The smallest absolute Gasteiger partial charge is 0.345 e. The lowest BCUT2D eigenvalue weighted by Gasteiger charge is -2.37. The number of ether oxygens (including phenoxy) is 2. The summed E-state index contributed by atoms with van der Waals surface area (Å²) >= 11 is 0. The molecule has 0 bridgehead atoms. The Balaban J connectivity index is 2.09. The van der Waals surface area contributed by atoms with E-state index in [0.29, 0.717) is 0 Å². The number of rotatable bonds is 2. The first-order valence-corrected chi connectivity index (χ1v) is 7.66. The highest BCUT2D eigenvalue weighted by Crippen LogP contribution is 2.41. The molecular formula is C18H20O4. The van der Waals surface area contributed by atoms with E-state index in [1.807, 2.05) is 36.4 Å². The predicted octanol–water partition coefficient (Wildman–Crippen LogP) is 3.60. The number of hydrogen-bond donors (Lipinski definition) is 1. The zero-order valence-corrected chi connectivity index (χ0v) is 12.6. The fourth-order valence-electron chi connectivity index (χ4n) is 3.31. The zero-order chi connectivity index (χ0) is 15.5. The fraction of sp³-hybridized carbons (Fsp3) is 0.389. The Kier molecular flexibility index (Phi) is 4.18. The maximum Gasteiger partial charge on any atom is 0.345 e. The molecule has 0 aromatic heterocycles. The molecule has 1 heterocycles. The molecule has 1 aliphatic heterocycles. The van der Waals surface area contributed by atoms with Gasteiger partial charge in [0.1, 0.15) is 11.7 Å². The van der Waals surface area contributed by atoms with Gasteiger partial charge in [-0.05, 0) is 30.4 Å². The molecule has 1 N–H and O–H groups in total. The molecule has 0 radical (unpaired) electrons. The average Bonchev–Trinajstić information content (AvgIpc) is 2.55. The Morgan fingerprint density at radius 1 is 1.27 bits per heavy atom. The summed E-state index contributed by atoms with van der Waals surface area (Å²) in [6, 6.07) is 9.80. The first-order chi connectivity index (χ1) is 10.7. The predicted molar refractivity (Wildman–Crippen MR) is 82.9 cm³/mol. The number of carbonyl (C=O) groups is 1. The minimum Gasteiger partial charge on any atom is -0.480 e. The number of benzene rings is 1. The molecular weight excluding hydrogens is 280 g/mol. The Bertz CT molecular complexity index is 615. The third-order valence-electron chi connectivity index (χ3n) is 4.38. The third-order valence-corrected chi connectivity index (χ3v) is 4.38. The van der Waals surface area contributed by atoms with Crippen LogP contribution in [0.5, 0.6) is 0 Å². The second-order valence-electron chi connectivity index (χ2n) is 5.73. The van der Waals surface area contributed by atoms with Crippen molar-refractivity contribution in [2.75, 3.05) is 7.11 Å². The van der Waals surface area contributed by atoms with E-state index < -0.39 is 5.97 Å². The number of carbonyl (C=O) groups excluding carboxylic acids is 1. The summed E-state index contributed by atoms with van der Waals surface area (Å²) in [4.78, 5) is 12.3. The maximum atomic E-state index is 12.3. The second-order valence-corrected chi connectivity index (χ2v) is 5.73. The lowest BCUT2D eigenvalue weighted by atomic mass is 9.76. The highest BCUT2D eigenvalue weighted by atomic mass is 16.6. The largest absolute Gasteiger partial charge is 0.480 e. The lowest BCUT2D eigenvalue weighted by Crippen LogP contribution is -2.38. The molecule has 4 heteroatoms. The summed E-state index contributed by atoms with van der Waals surface area (Å²) in [7, 11) is 1.35. The zero-order valence-electron chi connectivity index (χ0n) is 12.6. The van der Waals surface area contributed by atoms with Crippen LogP contribution in [0.2, 0.25) is 0 Å². The lowest BCUT2D eigenvalue weighted by molar-refractivity contribution is -0.151. The Morgan fingerprint density at radius 3 is 2.73 bits per heavy atom. The minimum absolute atomic E-state index is 0.0929. The number of aliphatic hydroxyl groups excluding tert-OH is 1. The quantitative estimate of drug-likeness (QED) is 0.515. The molecule has 2 unspecified atom stereocenters. The second kappa shape index (κ2) is 6.26. The van der Waals surface area contributed by atoms with Gasteiger partial charge in [0.2, 0.25) is 0 Å². The van der Waals surface area contributed by atoms with Gasteiger partial charge in [0, 0.05) is 5.92 Å². The van der Waals surface area contributed by atoms with E-state index in [-0.39, 0.29) is 23.5 Å². The maximum absolute atomic E-state index is 12.3. The van der Waals surface area contributed by atoms with Gasteiger partial charge in [-0.3, -0.25) is 0 Å². The van der Waals surface area contributed by atoms with Crippen molar-refractivity contribution >= 4 is 12.0 Å². The van der Waals surface area contributed by atoms with Crippen LogP contribution in [0.4, 0.5) is 0 Å². The monoisotopic (exact) mass is 300 g/mol. The molecule has 3 rings (SSSR count). The van der Waals surface area contributed by atoms with Gasteiger partial charge in [0.15, 0.2) is 0 Å². The van der Waals surface area contributed by atoms with Crippen molar-refractivity contribution in [2.45, 2.75) is 31.8 Å². The molecule has 4 nitrogen and oxygen atoms in total. The topological polar surface area (TPSA) is 55.8 Å². The molecule has 1 aliphatic carbocycles. The summed E-state index contributed by atoms with van der Waals surface area (Å²) in [5.41, 5.74) is 1.99. The highest BCUT2D eigenvalue weighted by molar-refractivity contribution is 5.97. The number of methoxy groups -OCH3 is 1. The minimum atomic E-state index is -0.496. The van der Waals surface area contributed by atoms with Crippen LogP contribution in [0, 0.1) is 5.92 Å². The van der Waals surface area contributed by atoms with E-state index in [9.17, 15) is 9.90 Å².